The third-order valence-corrected chi connectivity index (χ3v) is 8.37. The van der Waals surface area contributed by atoms with Gasteiger partial charge in [-0.05, 0) is 66.1 Å². The van der Waals surface area contributed by atoms with Crippen molar-refractivity contribution < 1.29 is 19.1 Å². The predicted molar refractivity (Wildman–Crippen MR) is 134 cm³/mol. The summed E-state index contributed by atoms with van der Waals surface area (Å²) in [6.45, 7) is 3.97. The van der Waals surface area contributed by atoms with Crippen LogP contribution in [0.1, 0.15) is 47.2 Å². The summed E-state index contributed by atoms with van der Waals surface area (Å²) in [7, 11) is 0. The van der Waals surface area contributed by atoms with Gasteiger partial charge in [0.15, 0.2) is 0 Å². The molecule has 5 aliphatic rings. The Balaban J connectivity index is 1.20. The quantitative estimate of drug-likeness (QED) is 0.554. The Bertz CT molecular complexity index is 1430. The van der Waals surface area contributed by atoms with Crippen LogP contribution in [-0.4, -0.2) is 68.7 Å². The van der Waals surface area contributed by atoms with Crippen molar-refractivity contribution in [3.05, 3.63) is 59.5 Å². The van der Waals surface area contributed by atoms with Gasteiger partial charge in [-0.1, -0.05) is 6.07 Å². The second-order valence-electron chi connectivity index (χ2n) is 10.8. The molecule has 4 fully saturated rings. The molecule has 0 spiro atoms. The van der Waals surface area contributed by atoms with E-state index in [0.29, 0.717) is 30.5 Å². The van der Waals surface area contributed by atoms with Gasteiger partial charge in [0.1, 0.15) is 6.04 Å². The average Bonchev–Trinajstić information content (AvgIpc) is 3.34. The van der Waals surface area contributed by atoms with E-state index in [4.69, 9.17) is 4.74 Å². The van der Waals surface area contributed by atoms with Gasteiger partial charge in [-0.25, -0.2) is 4.98 Å². The predicted octanol–water partition coefficient (Wildman–Crippen LogP) is 2.37. The molecule has 3 atom stereocenters. The van der Waals surface area contributed by atoms with E-state index in [1.807, 2.05) is 24.7 Å². The maximum Gasteiger partial charge on any atom is 0.255 e. The van der Waals surface area contributed by atoms with Crippen molar-refractivity contribution >= 4 is 23.2 Å². The van der Waals surface area contributed by atoms with Gasteiger partial charge < -0.3 is 9.64 Å². The number of imide groups is 1. The topological polar surface area (TPSA) is 96.2 Å². The van der Waals surface area contributed by atoms with Gasteiger partial charge in [0.2, 0.25) is 11.8 Å². The molecule has 2 bridgehead atoms. The number of benzene rings is 1. The van der Waals surface area contributed by atoms with Gasteiger partial charge in [-0.2, -0.15) is 0 Å². The highest BCUT2D eigenvalue weighted by Gasteiger charge is 2.39. The lowest BCUT2D eigenvalue weighted by Gasteiger charge is -2.35. The molecule has 7 heterocycles. The number of piperidine rings is 2. The van der Waals surface area contributed by atoms with Gasteiger partial charge in [-0.15, -0.1) is 0 Å². The number of hydrogen-bond acceptors (Lipinski definition) is 6. The lowest BCUT2D eigenvalue weighted by Crippen LogP contribution is -2.52. The molecular formula is C28H29N5O4. The van der Waals surface area contributed by atoms with Gasteiger partial charge >= 0.3 is 0 Å². The summed E-state index contributed by atoms with van der Waals surface area (Å²) in [4.78, 5) is 45.7. The number of hydrogen-bond donors (Lipinski definition) is 1. The fourth-order valence-electron chi connectivity index (χ4n) is 6.44. The Labute approximate surface area is 214 Å². The fourth-order valence-corrected chi connectivity index (χ4v) is 6.44. The minimum absolute atomic E-state index is 0.156. The van der Waals surface area contributed by atoms with Crippen LogP contribution in [0.25, 0.3) is 16.8 Å². The Morgan fingerprint density at radius 3 is 2.86 bits per heavy atom. The zero-order valence-electron chi connectivity index (χ0n) is 20.6. The molecule has 0 radical (unpaired) electrons. The van der Waals surface area contributed by atoms with Crippen molar-refractivity contribution in [3.8, 4) is 11.3 Å². The van der Waals surface area contributed by atoms with Crippen molar-refractivity contribution in [2.45, 2.75) is 50.9 Å². The first kappa shape index (κ1) is 22.6. The molecule has 1 N–H and O–H groups in total. The third kappa shape index (κ3) is 3.93. The normalized spacial score (nSPS) is 26.0. The summed E-state index contributed by atoms with van der Waals surface area (Å²) in [5.74, 6) is -0.218. The number of imidazole rings is 1. The van der Waals surface area contributed by atoms with Crippen LogP contribution in [0.15, 0.2) is 42.9 Å². The molecule has 190 valence electrons. The van der Waals surface area contributed by atoms with Crippen molar-refractivity contribution in [2.75, 3.05) is 19.8 Å². The summed E-state index contributed by atoms with van der Waals surface area (Å²) in [6, 6.07) is 10.2. The van der Waals surface area contributed by atoms with E-state index in [9.17, 15) is 14.4 Å². The molecule has 9 heteroatoms. The Morgan fingerprint density at radius 2 is 1.97 bits per heavy atom. The third-order valence-electron chi connectivity index (χ3n) is 8.37. The van der Waals surface area contributed by atoms with Gasteiger partial charge in [0.05, 0.1) is 36.9 Å². The number of carbonyl (C=O) groups excluding carboxylic acids is 3. The number of ether oxygens (including phenoxy) is 1. The number of pyridine rings is 1. The van der Waals surface area contributed by atoms with Crippen LogP contribution in [0.3, 0.4) is 0 Å². The summed E-state index contributed by atoms with van der Waals surface area (Å²) in [5.41, 5.74) is 5.81. The zero-order chi connectivity index (χ0) is 25.1. The van der Waals surface area contributed by atoms with Crippen LogP contribution < -0.4 is 5.32 Å². The van der Waals surface area contributed by atoms with E-state index in [1.54, 1.807) is 4.90 Å². The monoisotopic (exact) mass is 499 g/mol. The second kappa shape index (κ2) is 8.78. The van der Waals surface area contributed by atoms with Crippen molar-refractivity contribution in [2.24, 2.45) is 5.92 Å². The molecule has 8 rings (SSSR count). The van der Waals surface area contributed by atoms with E-state index in [0.717, 1.165) is 48.6 Å². The van der Waals surface area contributed by atoms with Crippen LogP contribution in [-0.2, 0) is 27.4 Å². The molecule has 4 saturated heterocycles. The smallest absolute Gasteiger partial charge is 0.255 e. The highest BCUT2D eigenvalue weighted by atomic mass is 16.5. The first-order valence-electron chi connectivity index (χ1n) is 13.1. The van der Waals surface area contributed by atoms with E-state index in [1.165, 1.54) is 18.4 Å². The largest absolute Gasteiger partial charge is 0.379 e. The zero-order valence-corrected chi connectivity index (χ0v) is 20.6. The van der Waals surface area contributed by atoms with E-state index in [2.05, 4.69) is 37.8 Å². The number of fused-ring (bicyclic) bond motifs is 6. The molecule has 3 amide bonds. The molecule has 9 nitrogen and oxygen atoms in total. The number of carbonyl (C=O) groups is 3. The molecule has 5 aliphatic heterocycles. The van der Waals surface area contributed by atoms with Crippen LogP contribution in [0, 0.1) is 5.92 Å². The van der Waals surface area contributed by atoms with Gasteiger partial charge in [-0.3, -0.25) is 29.0 Å². The highest BCUT2D eigenvalue weighted by Crippen LogP contribution is 2.33. The Hall–Kier alpha value is -3.56. The van der Waals surface area contributed by atoms with Crippen LogP contribution in [0.2, 0.25) is 0 Å². The lowest BCUT2D eigenvalue weighted by atomic mass is 9.94. The number of nitrogens with one attached hydrogen (secondary N) is 1. The molecule has 0 saturated carbocycles. The number of aromatic nitrogens is 2. The summed E-state index contributed by atoms with van der Waals surface area (Å²) < 4.78 is 7.97. The van der Waals surface area contributed by atoms with E-state index < -0.39 is 11.9 Å². The first-order chi connectivity index (χ1) is 18.0. The van der Waals surface area contributed by atoms with Gasteiger partial charge in [0, 0.05) is 37.7 Å². The van der Waals surface area contributed by atoms with Crippen molar-refractivity contribution in [1.29, 1.82) is 0 Å². The SMILES string of the molecule is O=C1CCC(N2Cc3cc(-c4cc(CN5CC6CCC5COC6)cc5cncn45)ccc3C2=O)C(=O)N1. The minimum Gasteiger partial charge on any atom is -0.379 e. The number of amides is 3. The Kier molecular flexibility index (Phi) is 5.37. The van der Waals surface area contributed by atoms with Crippen LogP contribution >= 0.6 is 0 Å². The summed E-state index contributed by atoms with van der Waals surface area (Å²) in [5, 5.41) is 2.37. The number of rotatable bonds is 4. The molecule has 3 aromatic rings. The van der Waals surface area contributed by atoms with Crippen molar-refractivity contribution in [1.82, 2.24) is 24.5 Å². The van der Waals surface area contributed by atoms with E-state index in [-0.39, 0.29) is 18.2 Å². The lowest BCUT2D eigenvalue weighted by molar-refractivity contribution is -0.136. The average molecular weight is 500 g/mol. The Morgan fingerprint density at radius 1 is 1.05 bits per heavy atom. The minimum atomic E-state index is -0.613. The maximum absolute atomic E-state index is 13.1. The van der Waals surface area contributed by atoms with Gasteiger partial charge in [0.25, 0.3) is 5.91 Å². The summed E-state index contributed by atoms with van der Waals surface area (Å²) >= 11 is 0. The fraction of sp³-hybridized carbons (Fsp3) is 0.429. The number of nitrogens with zero attached hydrogens (tertiary/aromatic N) is 4. The molecule has 37 heavy (non-hydrogen) atoms. The molecule has 1 aromatic carbocycles. The first-order valence-corrected chi connectivity index (χ1v) is 13.1. The second-order valence-corrected chi connectivity index (χ2v) is 10.8. The maximum atomic E-state index is 13.1. The molecular weight excluding hydrogens is 470 g/mol. The highest BCUT2D eigenvalue weighted by molar-refractivity contribution is 6.05. The molecule has 0 aliphatic carbocycles. The molecule has 3 unspecified atom stereocenters. The summed E-state index contributed by atoms with van der Waals surface area (Å²) in [6.07, 6.45) is 6.75. The van der Waals surface area contributed by atoms with Crippen LogP contribution in [0.4, 0.5) is 0 Å². The van der Waals surface area contributed by atoms with Crippen LogP contribution in [0.5, 0.6) is 0 Å². The van der Waals surface area contributed by atoms with Crippen molar-refractivity contribution in [3.63, 3.8) is 0 Å². The molecule has 2 aromatic heterocycles. The van der Waals surface area contributed by atoms with E-state index >= 15 is 0 Å². The standard InChI is InChI=1S/C28H29N5O4/c34-26-6-5-24(27(35)30-26)32-13-20-9-19(2-4-23(20)28(32)36)25-8-18(7-22-10-29-16-33(22)25)12-31-11-17-1-3-21(31)15-37-14-17/h2,4,7-10,16-17,21,24H,1,3,5-6,11-15H2,(H,30,34,35).